The average molecular weight is 486 g/mol. The van der Waals surface area contributed by atoms with E-state index < -0.39 is 12.2 Å². The number of carbonyl (C=O) groups is 2. The highest BCUT2D eigenvalue weighted by atomic mass is 35.5. The summed E-state index contributed by atoms with van der Waals surface area (Å²) in [6.07, 6.45) is 2.10. The molecule has 2 atom stereocenters. The molecule has 7 nitrogen and oxygen atoms in total. The van der Waals surface area contributed by atoms with Crippen LogP contribution >= 0.6 is 11.6 Å². The van der Waals surface area contributed by atoms with Crippen LogP contribution in [-0.4, -0.2) is 44.3 Å². The monoisotopic (exact) mass is 485 g/mol. The maximum atomic E-state index is 13.6. The Kier molecular flexibility index (Phi) is 8.79. The van der Waals surface area contributed by atoms with Crippen molar-refractivity contribution in [1.29, 1.82) is 0 Å². The quantitative estimate of drug-likeness (QED) is 0.535. The van der Waals surface area contributed by atoms with Crippen LogP contribution in [0.4, 0.5) is 10.5 Å². The summed E-state index contributed by atoms with van der Waals surface area (Å²) >= 11 is 5.92. The fraction of sp³-hybridized carbons (Fsp3) is 0.462. The standard InChI is InChI=1S/C26H32ClN3O4/c27-21-6-8-22(9-7-21)29-26(32)34-24(20-4-2-1-3-5-20)25(31)30-23(18-10-14-28-15-11-18)19-12-16-33-17-13-19/h1-9,18-19,23-24,28H,10-17H2,(H,29,32)(H,30,31). The zero-order valence-electron chi connectivity index (χ0n) is 19.2. The van der Waals surface area contributed by atoms with Crippen molar-refractivity contribution in [1.82, 2.24) is 10.6 Å². The summed E-state index contributed by atoms with van der Waals surface area (Å²) in [4.78, 5) is 26.3. The third-order valence-electron chi connectivity index (χ3n) is 6.63. The van der Waals surface area contributed by atoms with Crippen LogP contribution in [0.25, 0.3) is 0 Å². The van der Waals surface area contributed by atoms with Crippen LogP contribution in [0.1, 0.15) is 37.4 Å². The van der Waals surface area contributed by atoms with E-state index in [-0.39, 0.29) is 11.9 Å². The first kappa shape index (κ1) is 24.5. The first-order valence-electron chi connectivity index (χ1n) is 12.0. The Morgan fingerprint density at radius 2 is 1.59 bits per heavy atom. The van der Waals surface area contributed by atoms with Crippen LogP contribution in [0.15, 0.2) is 54.6 Å². The van der Waals surface area contributed by atoms with Crippen LogP contribution in [0.2, 0.25) is 5.02 Å². The van der Waals surface area contributed by atoms with Crippen molar-refractivity contribution in [3.63, 3.8) is 0 Å². The normalized spacial score (nSPS) is 19.1. The molecule has 0 aromatic heterocycles. The van der Waals surface area contributed by atoms with Gasteiger partial charge in [-0.3, -0.25) is 10.1 Å². The van der Waals surface area contributed by atoms with Crippen LogP contribution in [-0.2, 0) is 14.3 Å². The van der Waals surface area contributed by atoms with E-state index in [1.165, 1.54) is 0 Å². The summed E-state index contributed by atoms with van der Waals surface area (Å²) in [5.74, 6) is 0.431. The molecule has 8 heteroatoms. The molecule has 0 spiro atoms. The summed E-state index contributed by atoms with van der Waals surface area (Å²) in [5.41, 5.74) is 1.17. The minimum atomic E-state index is -1.06. The molecule has 0 saturated carbocycles. The number of piperidine rings is 1. The molecular formula is C26H32ClN3O4. The largest absolute Gasteiger partial charge is 0.431 e. The summed E-state index contributed by atoms with van der Waals surface area (Å²) < 4.78 is 11.2. The van der Waals surface area contributed by atoms with E-state index in [1.54, 1.807) is 36.4 Å². The van der Waals surface area contributed by atoms with Crippen molar-refractivity contribution in [2.24, 2.45) is 11.8 Å². The minimum Gasteiger partial charge on any atom is -0.431 e. The van der Waals surface area contributed by atoms with Gasteiger partial charge >= 0.3 is 6.09 Å². The molecule has 3 N–H and O–H groups in total. The van der Waals surface area contributed by atoms with E-state index in [4.69, 9.17) is 21.1 Å². The van der Waals surface area contributed by atoms with E-state index in [9.17, 15) is 9.59 Å². The lowest BCUT2D eigenvalue weighted by Crippen LogP contribution is -2.51. The van der Waals surface area contributed by atoms with Crippen molar-refractivity contribution in [2.75, 3.05) is 31.6 Å². The molecule has 2 saturated heterocycles. The third-order valence-corrected chi connectivity index (χ3v) is 6.88. The van der Waals surface area contributed by atoms with E-state index in [0.29, 0.717) is 41.3 Å². The zero-order chi connectivity index (χ0) is 23.8. The van der Waals surface area contributed by atoms with Crippen LogP contribution in [0.5, 0.6) is 0 Å². The molecule has 2 aromatic rings. The highest BCUT2D eigenvalue weighted by Gasteiger charge is 2.35. The number of hydrogen-bond donors (Lipinski definition) is 3. The lowest BCUT2D eigenvalue weighted by atomic mass is 9.79. The number of benzene rings is 2. The Morgan fingerprint density at radius 1 is 0.941 bits per heavy atom. The number of ether oxygens (including phenoxy) is 2. The van der Waals surface area contributed by atoms with Crippen LogP contribution in [0.3, 0.4) is 0 Å². The first-order valence-corrected chi connectivity index (χ1v) is 12.3. The van der Waals surface area contributed by atoms with Gasteiger partial charge in [0, 0.05) is 35.5 Å². The Morgan fingerprint density at radius 3 is 2.26 bits per heavy atom. The van der Waals surface area contributed by atoms with Crippen molar-refractivity contribution in [2.45, 2.75) is 37.8 Å². The molecule has 2 heterocycles. The molecule has 2 aliphatic rings. The number of anilines is 1. The molecule has 4 rings (SSSR count). The smallest absolute Gasteiger partial charge is 0.412 e. The van der Waals surface area contributed by atoms with Crippen LogP contribution < -0.4 is 16.0 Å². The molecule has 0 bridgehead atoms. The topological polar surface area (TPSA) is 88.7 Å². The van der Waals surface area contributed by atoms with Gasteiger partial charge in [0.05, 0.1) is 0 Å². The van der Waals surface area contributed by atoms with Gasteiger partial charge in [-0.1, -0.05) is 41.9 Å². The van der Waals surface area contributed by atoms with Crippen molar-refractivity contribution in [3.05, 3.63) is 65.2 Å². The second kappa shape index (κ2) is 12.2. The van der Waals surface area contributed by atoms with Crippen LogP contribution in [0, 0.1) is 11.8 Å². The summed E-state index contributed by atoms with van der Waals surface area (Å²) in [6.45, 7) is 3.32. The predicted molar refractivity (Wildman–Crippen MR) is 132 cm³/mol. The summed E-state index contributed by atoms with van der Waals surface area (Å²) in [7, 11) is 0. The molecular weight excluding hydrogens is 454 g/mol. The molecule has 2 amide bonds. The first-order chi connectivity index (χ1) is 16.6. The number of rotatable bonds is 7. The van der Waals surface area contributed by atoms with Gasteiger partial charge in [-0.05, 0) is 74.9 Å². The number of halogens is 1. The van der Waals surface area contributed by atoms with Gasteiger partial charge in [0.25, 0.3) is 5.91 Å². The Hall–Kier alpha value is -2.61. The lowest BCUT2D eigenvalue weighted by Gasteiger charge is -2.39. The van der Waals surface area contributed by atoms with Gasteiger partial charge < -0.3 is 20.1 Å². The predicted octanol–water partition coefficient (Wildman–Crippen LogP) is 4.54. The molecule has 0 radical (unpaired) electrons. The molecule has 182 valence electrons. The Labute approximate surface area is 205 Å². The van der Waals surface area contributed by atoms with Gasteiger partial charge in [-0.15, -0.1) is 0 Å². The Balaban J connectivity index is 1.50. The fourth-order valence-electron chi connectivity index (χ4n) is 4.83. The van der Waals surface area contributed by atoms with Gasteiger partial charge in [0.15, 0.2) is 0 Å². The maximum Gasteiger partial charge on any atom is 0.412 e. The summed E-state index contributed by atoms with van der Waals surface area (Å²) in [6, 6.07) is 15.9. The number of nitrogens with one attached hydrogen (secondary N) is 3. The van der Waals surface area contributed by atoms with Crippen molar-refractivity contribution >= 4 is 29.3 Å². The lowest BCUT2D eigenvalue weighted by molar-refractivity contribution is -0.131. The van der Waals surface area contributed by atoms with E-state index in [0.717, 1.165) is 38.8 Å². The SMILES string of the molecule is O=C(Nc1ccc(Cl)cc1)OC(C(=O)NC(C1CCNCC1)C1CCOCC1)c1ccccc1. The number of hydrogen-bond acceptors (Lipinski definition) is 5. The van der Waals surface area contributed by atoms with Gasteiger partial charge in [0.1, 0.15) is 0 Å². The van der Waals surface area contributed by atoms with E-state index in [2.05, 4.69) is 16.0 Å². The van der Waals surface area contributed by atoms with E-state index in [1.807, 2.05) is 18.2 Å². The summed E-state index contributed by atoms with van der Waals surface area (Å²) in [5, 5.41) is 9.94. The molecule has 2 unspecified atom stereocenters. The molecule has 2 aliphatic heterocycles. The molecule has 2 fully saturated rings. The highest BCUT2D eigenvalue weighted by Crippen LogP contribution is 2.30. The van der Waals surface area contributed by atoms with Crippen molar-refractivity contribution in [3.8, 4) is 0 Å². The number of carbonyl (C=O) groups excluding carboxylic acids is 2. The minimum absolute atomic E-state index is 0.0210. The zero-order valence-corrected chi connectivity index (χ0v) is 19.9. The second-order valence-corrected chi connectivity index (χ2v) is 9.34. The molecule has 0 aliphatic carbocycles. The third kappa shape index (κ3) is 6.72. The van der Waals surface area contributed by atoms with E-state index >= 15 is 0 Å². The second-order valence-electron chi connectivity index (χ2n) is 8.90. The van der Waals surface area contributed by atoms with Crippen molar-refractivity contribution < 1.29 is 19.1 Å². The average Bonchev–Trinajstić information content (AvgIpc) is 2.88. The van der Waals surface area contributed by atoms with Gasteiger partial charge in [-0.2, -0.15) is 0 Å². The fourth-order valence-corrected chi connectivity index (χ4v) is 4.95. The Bertz CT molecular complexity index is 911. The highest BCUT2D eigenvalue weighted by molar-refractivity contribution is 6.30. The maximum absolute atomic E-state index is 13.6. The van der Waals surface area contributed by atoms with Gasteiger partial charge in [0.2, 0.25) is 6.10 Å². The molecule has 34 heavy (non-hydrogen) atoms. The van der Waals surface area contributed by atoms with Gasteiger partial charge in [-0.25, -0.2) is 4.79 Å². The molecule has 2 aromatic carbocycles. The number of amides is 2.